The lowest BCUT2D eigenvalue weighted by molar-refractivity contribution is 0.540. The molecule has 3 nitrogen and oxygen atoms in total. The molecule has 19 heavy (non-hydrogen) atoms. The number of nitrogens with one attached hydrogen (secondary N) is 1. The van der Waals surface area contributed by atoms with Gasteiger partial charge in [-0.1, -0.05) is 6.07 Å². The van der Waals surface area contributed by atoms with E-state index in [2.05, 4.69) is 17.3 Å². The van der Waals surface area contributed by atoms with E-state index in [9.17, 15) is 4.39 Å². The average molecular weight is 279 g/mol. The molecule has 1 unspecified atom stereocenters. The summed E-state index contributed by atoms with van der Waals surface area (Å²) >= 11 is 1.66. The van der Waals surface area contributed by atoms with Gasteiger partial charge in [0, 0.05) is 11.3 Å². The van der Waals surface area contributed by atoms with Gasteiger partial charge in [0.2, 0.25) is 0 Å². The Labute approximate surface area is 116 Å². The quantitative estimate of drug-likeness (QED) is 0.668. The average Bonchev–Trinajstić information content (AvgIpc) is 2.69. The number of thiazole rings is 1. The molecule has 5 heteroatoms. The number of hydrazine groups is 1. The Morgan fingerprint density at radius 1 is 1.37 bits per heavy atom. The summed E-state index contributed by atoms with van der Waals surface area (Å²) in [5.74, 6) is 5.38. The van der Waals surface area contributed by atoms with Gasteiger partial charge in [-0.05, 0) is 44.0 Å². The van der Waals surface area contributed by atoms with Crippen LogP contribution in [0.3, 0.4) is 0 Å². The first-order chi connectivity index (χ1) is 9.01. The molecule has 0 fully saturated rings. The Kier molecular flexibility index (Phi) is 4.29. The topological polar surface area (TPSA) is 50.9 Å². The normalized spacial score (nSPS) is 12.7. The molecule has 1 aromatic carbocycles. The second-order valence-electron chi connectivity index (χ2n) is 4.67. The van der Waals surface area contributed by atoms with Gasteiger partial charge in [-0.3, -0.25) is 11.3 Å². The number of aryl methyl sites for hydroxylation is 3. The van der Waals surface area contributed by atoms with E-state index in [1.54, 1.807) is 17.4 Å². The van der Waals surface area contributed by atoms with Crippen LogP contribution < -0.4 is 11.3 Å². The van der Waals surface area contributed by atoms with Crippen LogP contribution in [0, 0.1) is 26.6 Å². The van der Waals surface area contributed by atoms with Crippen LogP contribution in [0.2, 0.25) is 0 Å². The van der Waals surface area contributed by atoms with Crippen molar-refractivity contribution in [3.8, 4) is 0 Å². The Balaban J connectivity index is 2.27. The van der Waals surface area contributed by atoms with Crippen LogP contribution in [0.4, 0.5) is 4.39 Å². The van der Waals surface area contributed by atoms with E-state index >= 15 is 0 Å². The van der Waals surface area contributed by atoms with E-state index in [1.165, 1.54) is 17.0 Å². The predicted molar refractivity (Wildman–Crippen MR) is 76.5 cm³/mol. The smallest absolute Gasteiger partial charge is 0.123 e. The molecule has 0 bridgehead atoms. The SMILES string of the molecule is Cc1ccc(F)cc1C(Cc1nc(C)c(C)s1)NN. The zero-order valence-corrected chi connectivity index (χ0v) is 12.1. The van der Waals surface area contributed by atoms with Crippen molar-refractivity contribution in [2.45, 2.75) is 33.2 Å². The molecule has 1 heterocycles. The standard InChI is InChI=1S/C14H18FN3S/c1-8-4-5-11(15)6-12(8)13(18-16)7-14-17-9(2)10(3)19-14/h4-6,13,18H,7,16H2,1-3H3. The number of benzene rings is 1. The van der Waals surface area contributed by atoms with E-state index in [4.69, 9.17) is 5.84 Å². The fourth-order valence-corrected chi connectivity index (χ4v) is 3.03. The van der Waals surface area contributed by atoms with Crippen molar-refractivity contribution in [1.82, 2.24) is 10.4 Å². The number of hydrogen-bond acceptors (Lipinski definition) is 4. The van der Waals surface area contributed by atoms with Crippen LogP contribution >= 0.6 is 11.3 Å². The van der Waals surface area contributed by atoms with Gasteiger partial charge in [0.05, 0.1) is 16.7 Å². The molecule has 0 amide bonds. The summed E-state index contributed by atoms with van der Waals surface area (Å²) < 4.78 is 13.4. The lowest BCUT2D eigenvalue weighted by Gasteiger charge is -2.17. The first-order valence-electron chi connectivity index (χ1n) is 6.16. The van der Waals surface area contributed by atoms with Crippen LogP contribution in [0.25, 0.3) is 0 Å². The van der Waals surface area contributed by atoms with Gasteiger partial charge in [-0.2, -0.15) is 0 Å². The third kappa shape index (κ3) is 3.18. The van der Waals surface area contributed by atoms with Gasteiger partial charge in [0.25, 0.3) is 0 Å². The van der Waals surface area contributed by atoms with Crippen LogP contribution in [0.15, 0.2) is 18.2 Å². The highest BCUT2D eigenvalue weighted by molar-refractivity contribution is 7.11. The fraction of sp³-hybridized carbons (Fsp3) is 0.357. The summed E-state index contributed by atoms with van der Waals surface area (Å²) in [5.41, 5.74) is 5.72. The molecule has 0 aliphatic carbocycles. The number of rotatable bonds is 4. The predicted octanol–water partition coefficient (Wildman–Crippen LogP) is 2.95. The molecule has 1 aromatic heterocycles. The summed E-state index contributed by atoms with van der Waals surface area (Å²) in [6.07, 6.45) is 0.667. The second kappa shape index (κ2) is 5.77. The third-order valence-corrected chi connectivity index (χ3v) is 4.36. The molecule has 0 saturated heterocycles. The number of nitrogens with two attached hydrogens (primary N) is 1. The molecule has 0 spiro atoms. The largest absolute Gasteiger partial charge is 0.271 e. The Morgan fingerprint density at radius 2 is 2.11 bits per heavy atom. The van der Waals surface area contributed by atoms with Gasteiger partial charge in [-0.25, -0.2) is 9.37 Å². The van der Waals surface area contributed by atoms with Crippen molar-refractivity contribution in [2.75, 3.05) is 0 Å². The number of nitrogens with zero attached hydrogens (tertiary/aromatic N) is 1. The van der Waals surface area contributed by atoms with Gasteiger partial charge >= 0.3 is 0 Å². The van der Waals surface area contributed by atoms with E-state index in [0.29, 0.717) is 6.42 Å². The van der Waals surface area contributed by atoms with Gasteiger partial charge in [0.15, 0.2) is 0 Å². The maximum Gasteiger partial charge on any atom is 0.123 e. The first kappa shape index (κ1) is 14.1. The molecule has 2 rings (SSSR count). The highest BCUT2D eigenvalue weighted by atomic mass is 32.1. The Bertz CT molecular complexity index is 561. The number of hydrogen-bond donors (Lipinski definition) is 2. The van der Waals surface area contributed by atoms with Gasteiger partial charge in [0.1, 0.15) is 5.82 Å². The number of aromatic nitrogens is 1. The van der Waals surface area contributed by atoms with Crippen LogP contribution in [0.1, 0.15) is 32.7 Å². The minimum absolute atomic E-state index is 0.124. The minimum Gasteiger partial charge on any atom is -0.271 e. The lowest BCUT2D eigenvalue weighted by atomic mass is 9.99. The van der Waals surface area contributed by atoms with E-state index in [1.807, 2.05) is 13.8 Å². The molecule has 2 aromatic rings. The van der Waals surface area contributed by atoms with Gasteiger partial charge in [-0.15, -0.1) is 11.3 Å². The van der Waals surface area contributed by atoms with Crippen molar-refractivity contribution in [1.29, 1.82) is 0 Å². The highest BCUT2D eigenvalue weighted by Crippen LogP contribution is 2.25. The Hall–Kier alpha value is -1.30. The van der Waals surface area contributed by atoms with Crippen molar-refractivity contribution in [3.63, 3.8) is 0 Å². The van der Waals surface area contributed by atoms with Crippen molar-refractivity contribution < 1.29 is 4.39 Å². The van der Waals surface area contributed by atoms with E-state index < -0.39 is 0 Å². The van der Waals surface area contributed by atoms with Crippen LogP contribution in [-0.2, 0) is 6.42 Å². The second-order valence-corrected chi connectivity index (χ2v) is 5.96. The first-order valence-corrected chi connectivity index (χ1v) is 6.98. The molecule has 102 valence electrons. The molecule has 0 aliphatic rings. The summed E-state index contributed by atoms with van der Waals surface area (Å²) in [5, 5.41) is 1.02. The molecular formula is C14H18FN3S. The third-order valence-electron chi connectivity index (χ3n) is 3.27. The minimum atomic E-state index is -0.243. The lowest BCUT2D eigenvalue weighted by Crippen LogP contribution is -2.30. The zero-order chi connectivity index (χ0) is 14.0. The van der Waals surface area contributed by atoms with Crippen LogP contribution in [0.5, 0.6) is 0 Å². The molecule has 1 atom stereocenters. The maximum absolute atomic E-state index is 13.4. The highest BCUT2D eigenvalue weighted by Gasteiger charge is 2.16. The van der Waals surface area contributed by atoms with Gasteiger partial charge < -0.3 is 0 Å². The van der Waals surface area contributed by atoms with Crippen molar-refractivity contribution >= 4 is 11.3 Å². The van der Waals surface area contributed by atoms with E-state index in [-0.39, 0.29) is 11.9 Å². The van der Waals surface area contributed by atoms with Crippen molar-refractivity contribution in [2.24, 2.45) is 5.84 Å². The molecule has 0 aliphatic heterocycles. The molecule has 0 radical (unpaired) electrons. The number of halogens is 1. The maximum atomic E-state index is 13.4. The molecular weight excluding hydrogens is 261 g/mol. The summed E-state index contributed by atoms with van der Waals surface area (Å²) in [6, 6.07) is 4.64. The van der Waals surface area contributed by atoms with E-state index in [0.717, 1.165) is 21.8 Å². The fourth-order valence-electron chi connectivity index (χ4n) is 2.05. The molecule has 3 N–H and O–H groups in total. The van der Waals surface area contributed by atoms with Crippen molar-refractivity contribution in [3.05, 3.63) is 50.7 Å². The Morgan fingerprint density at radius 3 is 2.68 bits per heavy atom. The summed E-state index contributed by atoms with van der Waals surface area (Å²) in [4.78, 5) is 5.71. The summed E-state index contributed by atoms with van der Waals surface area (Å²) in [7, 11) is 0. The zero-order valence-electron chi connectivity index (χ0n) is 11.3. The van der Waals surface area contributed by atoms with Crippen LogP contribution in [-0.4, -0.2) is 4.98 Å². The summed E-state index contributed by atoms with van der Waals surface area (Å²) in [6.45, 7) is 6.00. The molecule has 0 saturated carbocycles. The monoisotopic (exact) mass is 279 g/mol.